The monoisotopic (exact) mass is 366 g/mol. The van der Waals surface area contributed by atoms with E-state index in [-0.39, 0.29) is 12.3 Å². The summed E-state index contributed by atoms with van der Waals surface area (Å²) in [4.78, 5) is 28.7. The van der Waals surface area contributed by atoms with Gasteiger partial charge in [0, 0.05) is 12.6 Å². The number of nitrogens with zero attached hydrogens (tertiary/aromatic N) is 2. The molecule has 140 valence electrons. The number of benzene rings is 2. The maximum Gasteiger partial charge on any atom is 0.269 e. The van der Waals surface area contributed by atoms with E-state index in [4.69, 9.17) is 4.74 Å². The van der Waals surface area contributed by atoms with Gasteiger partial charge in [-0.1, -0.05) is 19.1 Å². The van der Waals surface area contributed by atoms with E-state index < -0.39 is 5.91 Å². The van der Waals surface area contributed by atoms with Gasteiger partial charge in [-0.25, -0.2) is 4.98 Å². The van der Waals surface area contributed by atoms with Crippen LogP contribution < -0.4 is 15.6 Å². The normalized spacial score (nSPS) is 10.6. The first-order valence-corrected chi connectivity index (χ1v) is 8.81. The first-order chi connectivity index (χ1) is 13.1. The second-order valence-electron chi connectivity index (χ2n) is 6.13. The van der Waals surface area contributed by atoms with E-state index in [2.05, 4.69) is 15.8 Å². The summed E-state index contributed by atoms with van der Waals surface area (Å²) in [7, 11) is 1.86. The molecule has 7 heteroatoms. The molecule has 0 fully saturated rings. The SMILES string of the molecule is CCCOc1ccc(C(=O)NNC(=O)Cc2nc3ccccc3n2C)cc1. The lowest BCUT2D eigenvalue weighted by Gasteiger charge is -2.09. The minimum atomic E-state index is -0.393. The molecule has 2 amide bonds. The predicted octanol–water partition coefficient (Wildman–Crippen LogP) is 2.37. The maximum atomic E-state index is 12.2. The van der Waals surface area contributed by atoms with Gasteiger partial charge in [0.15, 0.2) is 0 Å². The zero-order valence-electron chi connectivity index (χ0n) is 15.4. The molecule has 0 atom stereocenters. The number of para-hydroxylation sites is 2. The zero-order chi connectivity index (χ0) is 19.2. The van der Waals surface area contributed by atoms with Gasteiger partial charge in [-0.15, -0.1) is 0 Å². The quantitative estimate of drug-likeness (QED) is 0.656. The Morgan fingerprint density at radius 2 is 1.81 bits per heavy atom. The number of amides is 2. The minimum absolute atomic E-state index is 0.0647. The molecule has 3 aromatic rings. The molecule has 0 saturated carbocycles. The van der Waals surface area contributed by atoms with Crippen molar-refractivity contribution in [2.45, 2.75) is 19.8 Å². The Bertz CT molecular complexity index is 948. The number of aryl methyl sites for hydroxylation is 1. The van der Waals surface area contributed by atoms with Crippen LogP contribution in [0.1, 0.15) is 29.5 Å². The predicted molar refractivity (Wildman–Crippen MR) is 102 cm³/mol. The van der Waals surface area contributed by atoms with Crippen molar-refractivity contribution in [1.82, 2.24) is 20.4 Å². The smallest absolute Gasteiger partial charge is 0.269 e. The Kier molecular flexibility index (Phi) is 5.71. The van der Waals surface area contributed by atoms with Crippen molar-refractivity contribution < 1.29 is 14.3 Å². The van der Waals surface area contributed by atoms with Gasteiger partial charge in [-0.2, -0.15) is 0 Å². The van der Waals surface area contributed by atoms with Crippen LogP contribution in [0.25, 0.3) is 11.0 Å². The first-order valence-electron chi connectivity index (χ1n) is 8.81. The fourth-order valence-electron chi connectivity index (χ4n) is 2.66. The number of hydrogen-bond acceptors (Lipinski definition) is 4. The van der Waals surface area contributed by atoms with Crippen LogP contribution in [-0.2, 0) is 18.3 Å². The first kappa shape index (κ1) is 18.4. The van der Waals surface area contributed by atoms with Gasteiger partial charge in [0.05, 0.1) is 24.1 Å². The standard InChI is InChI=1S/C20H22N4O3/c1-3-12-27-15-10-8-14(9-11-15)20(26)23-22-19(25)13-18-21-16-6-4-5-7-17(16)24(18)2/h4-11H,3,12-13H2,1-2H3,(H,22,25)(H,23,26). The molecule has 0 unspecified atom stereocenters. The van der Waals surface area contributed by atoms with Crippen molar-refractivity contribution in [3.8, 4) is 5.75 Å². The van der Waals surface area contributed by atoms with Crippen LogP contribution >= 0.6 is 0 Å². The molecular weight excluding hydrogens is 344 g/mol. The van der Waals surface area contributed by atoms with E-state index in [9.17, 15) is 9.59 Å². The summed E-state index contributed by atoms with van der Waals surface area (Å²) in [5.74, 6) is 0.597. The summed E-state index contributed by atoms with van der Waals surface area (Å²) >= 11 is 0. The largest absolute Gasteiger partial charge is 0.494 e. The van der Waals surface area contributed by atoms with Crippen molar-refractivity contribution in [3.05, 3.63) is 59.9 Å². The molecule has 7 nitrogen and oxygen atoms in total. The molecule has 0 aliphatic heterocycles. The molecule has 0 saturated heterocycles. The Hall–Kier alpha value is -3.35. The highest BCUT2D eigenvalue weighted by atomic mass is 16.5. The Balaban J connectivity index is 1.55. The van der Waals surface area contributed by atoms with E-state index in [1.807, 2.05) is 42.8 Å². The fourth-order valence-corrected chi connectivity index (χ4v) is 2.66. The lowest BCUT2D eigenvalue weighted by atomic mass is 10.2. The number of imidazole rings is 1. The summed E-state index contributed by atoms with van der Waals surface area (Å²) in [6.45, 7) is 2.65. The lowest BCUT2D eigenvalue weighted by molar-refractivity contribution is -0.121. The summed E-state index contributed by atoms with van der Waals surface area (Å²) in [5, 5.41) is 0. The third-order valence-corrected chi connectivity index (χ3v) is 4.10. The molecular formula is C20H22N4O3. The second-order valence-corrected chi connectivity index (χ2v) is 6.13. The Morgan fingerprint density at radius 3 is 2.52 bits per heavy atom. The summed E-state index contributed by atoms with van der Waals surface area (Å²) in [6.07, 6.45) is 0.981. The number of aromatic nitrogens is 2. The van der Waals surface area contributed by atoms with E-state index >= 15 is 0 Å². The van der Waals surface area contributed by atoms with Gasteiger partial charge in [-0.05, 0) is 42.8 Å². The fraction of sp³-hybridized carbons (Fsp3) is 0.250. The number of carbonyl (C=O) groups excluding carboxylic acids is 2. The van der Waals surface area contributed by atoms with E-state index in [0.29, 0.717) is 23.7 Å². The van der Waals surface area contributed by atoms with E-state index in [0.717, 1.165) is 17.5 Å². The van der Waals surface area contributed by atoms with Gasteiger partial charge < -0.3 is 9.30 Å². The minimum Gasteiger partial charge on any atom is -0.494 e. The Morgan fingerprint density at radius 1 is 1.07 bits per heavy atom. The van der Waals surface area contributed by atoms with Gasteiger partial charge in [0.25, 0.3) is 5.91 Å². The van der Waals surface area contributed by atoms with Crippen molar-refractivity contribution in [1.29, 1.82) is 0 Å². The molecule has 0 radical (unpaired) electrons. The Labute approximate surface area is 157 Å². The number of rotatable bonds is 6. The molecule has 2 aromatic carbocycles. The zero-order valence-corrected chi connectivity index (χ0v) is 15.4. The van der Waals surface area contributed by atoms with Crippen LogP contribution in [0.4, 0.5) is 0 Å². The highest BCUT2D eigenvalue weighted by molar-refractivity contribution is 5.95. The average Bonchev–Trinajstić information content (AvgIpc) is 3.00. The molecule has 3 rings (SSSR count). The summed E-state index contributed by atoms with van der Waals surface area (Å²) < 4.78 is 7.35. The maximum absolute atomic E-state index is 12.2. The van der Waals surface area contributed by atoms with Gasteiger partial charge in [-0.3, -0.25) is 20.4 Å². The van der Waals surface area contributed by atoms with Crippen LogP contribution in [-0.4, -0.2) is 28.0 Å². The van der Waals surface area contributed by atoms with Gasteiger partial charge in [0.1, 0.15) is 11.6 Å². The van der Waals surface area contributed by atoms with E-state index in [1.165, 1.54) is 0 Å². The summed E-state index contributed by atoms with van der Waals surface area (Å²) in [5.41, 5.74) is 7.06. The van der Waals surface area contributed by atoms with Crippen molar-refractivity contribution in [2.24, 2.45) is 7.05 Å². The molecule has 0 spiro atoms. The van der Waals surface area contributed by atoms with E-state index in [1.54, 1.807) is 24.3 Å². The number of ether oxygens (including phenoxy) is 1. The molecule has 0 aliphatic rings. The van der Waals surface area contributed by atoms with Crippen LogP contribution in [0.5, 0.6) is 5.75 Å². The van der Waals surface area contributed by atoms with Crippen molar-refractivity contribution in [2.75, 3.05) is 6.61 Å². The molecule has 0 bridgehead atoms. The third-order valence-electron chi connectivity index (χ3n) is 4.10. The van der Waals surface area contributed by atoms with Crippen molar-refractivity contribution in [3.63, 3.8) is 0 Å². The molecule has 0 aliphatic carbocycles. The number of carbonyl (C=O) groups is 2. The molecule has 27 heavy (non-hydrogen) atoms. The van der Waals surface area contributed by atoms with Crippen LogP contribution in [0.2, 0.25) is 0 Å². The van der Waals surface area contributed by atoms with Crippen LogP contribution in [0.3, 0.4) is 0 Å². The number of hydrogen-bond donors (Lipinski definition) is 2. The lowest BCUT2D eigenvalue weighted by Crippen LogP contribution is -2.42. The summed E-state index contributed by atoms with van der Waals surface area (Å²) in [6, 6.07) is 14.4. The highest BCUT2D eigenvalue weighted by Gasteiger charge is 2.13. The number of fused-ring (bicyclic) bond motifs is 1. The molecule has 2 N–H and O–H groups in total. The third kappa shape index (κ3) is 4.44. The van der Waals surface area contributed by atoms with Gasteiger partial charge >= 0.3 is 0 Å². The van der Waals surface area contributed by atoms with Crippen LogP contribution in [0, 0.1) is 0 Å². The molecule has 1 aromatic heterocycles. The van der Waals surface area contributed by atoms with Gasteiger partial charge in [0.2, 0.25) is 5.91 Å². The second kappa shape index (κ2) is 8.35. The average molecular weight is 366 g/mol. The topological polar surface area (TPSA) is 85.2 Å². The van der Waals surface area contributed by atoms with Crippen LogP contribution in [0.15, 0.2) is 48.5 Å². The molecule has 1 heterocycles. The van der Waals surface area contributed by atoms with Crippen molar-refractivity contribution >= 4 is 22.8 Å². The highest BCUT2D eigenvalue weighted by Crippen LogP contribution is 2.14. The number of nitrogens with one attached hydrogen (secondary N) is 2. The number of hydrazine groups is 1.